The number of hydrogen-bond donors (Lipinski definition) is 2. The Kier molecular flexibility index (Phi) is 2.38. The summed E-state index contributed by atoms with van der Waals surface area (Å²) >= 11 is 0. The van der Waals surface area contributed by atoms with Crippen LogP contribution in [0.15, 0.2) is 23.1 Å². The van der Waals surface area contributed by atoms with E-state index in [2.05, 4.69) is 5.32 Å². The largest absolute Gasteiger partial charge is 0.480 e. The number of hydrogen-bond acceptors (Lipinski definition) is 4. The molecule has 1 heterocycles. The normalized spacial score (nSPS) is 21.9. The lowest BCUT2D eigenvalue weighted by Gasteiger charge is -2.24. The molecule has 0 fully saturated rings. The van der Waals surface area contributed by atoms with Crippen molar-refractivity contribution >= 4 is 21.5 Å². The molecule has 0 saturated heterocycles. The molecule has 0 saturated carbocycles. The van der Waals surface area contributed by atoms with Gasteiger partial charge in [-0.2, -0.15) is 0 Å². The maximum absolute atomic E-state index is 11.8. The number of carbonyl (C=O) groups is 1. The van der Waals surface area contributed by atoms with Gasteiger partial charge in [-0.15, -0.1) is 0 Å². The molecule has 1 aliphatic rings. The van der Waals surface area contributed by atoms with Gasteiger partial charge in [0.1, 0.15) is 6.04 Å². The summed E-state index contributed by atoms with van der Waals surface area (Å²) in [6, 6.07) is 3.77. The van der Waals surface area contributed by atoms with Crippen LogP contribution in [0.25, 0.3) is 0 Å². The Hall–Kier alpha value is -1.56. The zero-order chi connectivity index (χ0) is 11.9. The van der Waals surface area contributed by atoms with Gasteiger partial charge in [0.25, 0.3) is 0 Å². The quantitative estimate of drug-likeness (QED) is 0.754. The number of aryl methyl sites for hydroxylation is 1. The van der Waals surface area contributed by atoms with Crippen LogP contribution in [0.1, 0.15) is 5.56 Å². The van der Waals surface area contributed by atoms with Crippen LogP contribution in [-0.2, 0) is 14.6 Å². The topological polar surface area (TPSA) is 83.5 Å². The molecule has 0 bridgehead atoms. The highest BCUT2D eigenvalue weighted by Crippen LogP contribution is 2.29. The highest BCUT2D eigenvalue weighted by molar-refractivity contribution is 7.91. The SMILES string of the molecule is Cc1ccc2c(c1)NC(C(=O)O)CS2(=O)=O. The molecule has 1 atom stereocenters. The van der Waals surface area contributed by atoms with Gasteiger partial charge in [0, 0.05) is 0 Å². The van der Waals surface area contributed by atoms with Crippen molar-refractivity contribution in [1.29, 1.82) is 0 Å². The summed E-state index contributed by atoms with van der Waals surface area (Å²) in [5, 5.41) is 11.6. The Morgan fingerprint density at radius 1 is 1.50 bits per heavy atom. The third-order valence-electron chi connectivity index (χ3n) is 2.48. The zero-order valence-electron chi connectivity index (χ0n) is 8.60. The first kappa shape index (κ1) is 10.9. The molecule has 5 nitrogen and oxygen atoms in total. The number of anilines is 1. The molecular formula is C10H11NO4S. The molecule has 1 aliphatic heterocycles. The van der Waals surface area contributed by atoms with Crippen molar-refractivity contribution in [3.8, 4) is 0 Å². The van der Waals surface area contributed by atoms with Gasteiger partial charge in [0.2, 0.25) is 0 Å². The number of benzene rings is 1. The van der Waals surface area contributed by atoms with Crippen LogP contribution in [0, 0.1) is 6.92 Å². The van der Waals surface area contributed by atoms with E-state index in [1.165, 1.54) is 6.07 Å². The molecular weight excluding hydrogens is 230 g/mol. The van der Waals surface area contributed by atoms with Gasteiger partial charge in [-0.3, -0.25) is 0 Å². The van der Waals surface area contributed by atoms with E-state index in [0.717, 1.165) is 5.56 Å². The van der Waals surface area contributed by atoms with Gasteiger partial charge in [0.05, 0.1) is 16.3 Å². The maximum Gasteiger partial charge on any atom is 0.327 e. The molecule has 2 rings (SSSR count). The second-order valence-corrected chi connectivity index (χ2v) is 5.82. The first-order valence-electron chi connectivity index (χ1n) is 4.73. The highest BCUT2D eigenvalue weighted by atomic mass is 32.2. The molecule has 6 heteroatoms. The standard InChI is InChI=1S/C10H11NO4S/c1-6-2-3-9-7(4-6)11-8(10(12)13)5-16(9,14)15/h2-4,8,11H,5H2,1H3,(H,12,13). The van der Waals surface area contributed by atoms with Gasteiger partial charge in [-0.1, -0.05) is 6.07 Å². The van der Waals surface area contributed by atoms with Crippen molar-refractivity contribution in [2.45, 2.75) is 17.9 Å². The van der Waals surface area contributed by atoms with Crippen LogP contribution >= 0.6 is 0 Å². The van der Waals surface area contributed by atoms with Gasteiger partial charge >= 0.3 is 5.97 Å². The summed E-state index contributed by atoms with van der Waals surface area (Å²) in [4.78, 5) is 11.0. The number of carboxylic acids is 1. The first-order valence-corrected chi connectivity index (χ1v) is 6.38. The predicted molar refractivity (Wildman–Crippen MR) is 58.3 cm³/mol. The van der Waals surface area contributed by atoms with E-state index >= 15 is 0 Å². The number of nitrogens with one attached hydrogen (secondary N) is 1. The number of aliphatic carboxylic acids is 1. The van der Waals surface area contributed by atoms with Gasteiger partial charge in [-0.25, -0.2) is 13.2 Å². The molecule has 16 heavy (non-hydrogen) atoms. The van der Waals surface area contributed by atoms with E-state index in [-0.39, 0.29) is 4.90 Å². The fourth-order valence-electron chi connectivity index (χ4n) is 1.70. The Balaban J connectivity index is 2.56. The second kappa shape index (κ2) is 3.48. The Morgan fingerprint density at radius 3 is 2.81 bits per heavy atom. The maximum atomic E-state index is 11.8. The first-order chi connectivity index (χ1) is 7.40. The zero-order valence-corrected chi connectivity index (χ0v) is 9.41. The molecule has 0 aliphatic carbocycles. The molecule has 0 spiro atoms. The molecule has 0 amide bonds. The summed E-state index contributed by atoms with van der Waals surface area (Å²) in [7, 11) is -3.50. The van der Waals surface area contributed by atoms with Gasteiger partial charge in [-0.05, 0) is 24.6 Å². The highest BCUT2D eigenvalue weighted by Gasteiger charge is 2.33. The number of rotatable bonds is 1. The summed E-state index contributed by atoms with van der Waals surface area (Å²) < 4.78 is 23.6. The van der Waals surface area contributed by atoms with Crippen molar-refractivity contribution in [3.05, 3.63) is 23.8 Å². The van der Waals surface area contributed by atoms with E-state index in [1.54, 1.807) is 12.1 Å². The van der Waals surface area contributed by atoms with Crippen molar-refractivity contribution in [2.24, 2.45) is 0 Å². The third kappa shape index (κ3) is 1.76. The fraction of sp³-hybridized carbons (Fsp3) is 0.300. The van der Waals surface area contributed by atoms with E-state index in [4.69, 9.17) is 5.11 Å². The fourth-order valence-corrected chi connectivity index (χ4v) is 3.27. The Labute approximate surface area is 93.0 Å². The van der Waals surface area contributed by atoms with Gasteiger partial charge < -0.3 is 10.4 Å². The lowest BCUT2D eigenvalue weighted by molar-refractivity contribution is -0.137. The Morgan fingerprint density at radius 2 is 2.19 bits per heavy atom. The molecule has 86 valence electrons. The van der Waals surface area contributed by atoms with E-state index in [0.29, 0.717) is 5.69 Å². The minimum Gasteiger partial charge on any atom is -0.480 e. The smallest absolute Gasteiger partial charge is 0.327 e. The van der Waals surface area contributed by atoms with Crippen molar-refractivity contribution in [1.82, 2.24) is 0 Å². The average Bonchev–Trinajstić information content (AvgIpc) is 2.15. The summed E-state index contributed by atoms with van der Waals surface area (Å²) in [5.74, 6) is -1.56. The van der Waals surface area contributed by atoms with Gasteiger partial charge in [0.15, 0.2) is 9.84 Å². The van der Waals surface area contributed by atoms with Crippen molar-refractivity contribution in [2.75, 3.05) is 11.1 Å². The number of carboxylic acid groups (broad SMARTS) is 1. The molecule has 1 unspecified atom stereocenters. The van der Waals surface area contributed by atoms with E-state index < -0.39 is 27.6 Å². The van der Waals surface area contributed by atoms with Crippen LogP contribution in [0.3, 0.4) is 0 Å². The lowest BCUT2D eigenvalue weighted by Crippen LogP contribution is -2.40. The van der Waals surface area contributed by atoms with Crippen LogP contribution in [0.4, 0.5) is 5.69 Å². The predicted octanol–water partition coefficient (Wildman–Crippen LogP) is 0.647. The van der Waals surface area contributed by atoms with E-state index in [9.17, 15) is 13.2 Å². The van der Waals surface area contributed by atoms with Crippen LogP contribution < -0.4 is 5.32 Å². The number of fused-ring (bicyclic) bond motifs is 1. The molecule has 0 radical (unpaired) electrons. The molecule has 0 aromatic heterocycles. The molecule has 1 aromatic carbocycles. The van der Waals surface area contributed by atoms with Crippen LogP contribution in [0.2, 0.25) is 0 Å². The monoisotopic (exact) mass is 241 g/mol. The Bertz CT molecular complexity index is 550. The van der Waals surface area contributed by atoms with Crippen LogP contribution in [-0.4, -0.2) is 31.3 Å². The third-order valence-corrected chi connectivity index (χ3v) is 4.28. The van der Waals surface area contributed by atoms with Crippen molar-refractivity contribution in [3.63, 3.8) is 0 Å². The van der Waals surface area contributed by atoms with Crippen molar-refractivity contribution < 1.29 is 18.3 Å². The minimum atomic E-state index is -3.50. The number of sulfone groups is 1. The average molecular weight is 241 g/mol. The van der Waals surface area contributed by atoms with Crippen LogP contribution in [0.5, 0.6) is 0 Å². The summed E-state index contributed by atoms with van der Waals surface area (Å²) in [5.41, 5.74) is 1.26. The second-order valence-electron chi connectivity index (χ2n) is 3.82. The summed E-state index contributed by atoms with van der Waals surface area (Å²) in [6.45, 7) is 1.82. The molecule has 2 N–H and O–H groups in total. The molecule has 1 aromatic rings. The summed E-state index contributed by atoms with van der Waals surface area (Å²) in [6.07, 6.45) is 0. The van der Waals surface area contributed by atoms with E-state index in [1.807, 2.05) is 6.92 Å². The minimum absolute atomic E-state index is 0.176. The lowest BCUT2D eigenvalue weighted by atomic mass is 10.2.